The van der Waals surface area contributed by atoms with Gasteiger partial charge in [0, 0.05) is 5.54 Å². The van der Waals surface area contributed by atoms with E-state index in [1.807, 2.05) is 0 Å². The average molecular weight is 175 g/mol. The van der Waals surface area contributed by atoms with Crippen LogP contribution < -0.4 is 5.73 Å². The van der Waals surface area contributed by atoms with E-state index in [2.05, 4.69) is 32.0 Å². The molecular formula is C12H17N. The minimum atomic E-state index is 0.0161. The van der Waals surface area contributed by atoms with Crippen molar-refractivity contribution in [2.45, 2.75) is 38.6 Å². The highest BCUT2D eigenvalue weighted by Crippen LogP contribution is 2.27. The molecule has 1 heteroatoms. The van der Waals surface area contributed by atoms with E-state index in [4.69, 9.17) is 5.73 Å². The first-order valence-corrected chi connectivity index (χ1v) is 4.94. The van der Waals surface area contributed by atoms with Gasteiger partial charge in [0.15, 0.2) is 0 Å². The summed E-state index contributed by atoms with van der Waals surface area (Å²) in [5.41, 5.74) is 10.5. The number of rotatable bonds is 0. The fourth-order valence-corrected chi connectivity index (χ4v) is 2.10. The largest absolute Gasteiger partial charge is 0.325 e. The van der Waals surface area contributed by atoms with Gasteiger partial charge < -0.3 is 5.73 Å². The summed E-state index contributed by atoms with van der Waals surface area (Å²) in [6.07, 6.45) is 3.29. The van der Waals surface area contributed by atoms with E-state index < -0.39 is 0 Å². The quantitative estimate of drug-likeness (QED) is 0.642. The minimum Gasteiger partial charge on any atom is -0.325 e. The standard InChI is InChI=1S/C12H17N/c1-9-3-4-11-8-12(2,13)6-5-10(11)7-9/h3-4,7H,5-6,8,13H2,1-2H3. The van der Waals surface area contributed by atoms with Crippen molar-refractivity contribution >= 4 is 0 Å². The lowest BCUT2D eigenvalue weighted by Gasteiger charge is -2.31. The van der Waals surface area contributed by atoms with Crippen molar-refractivity contribution in [3.05, 3.63) is 34.9 Å². The van der Waals surface area contributed by atoms with Crippen molar-refractivity contribution in [3.63, 3.8) is 0 Å². The molecule has 1 nitrogen and oxygen atoms in total. The van der Waals surface area contributed by atoms with E-state index >= 15 is 0 Å². The molecule has 1 unspecified atom stereocenters. The Morgan fingerprint density at radius 3 is 2.85 bits per heavy atom. The molecule has 13 heavy (non-hydrogen) atoms. The maximum atomic E-state index is 6.13. The van der Waals surface area contributed by atoms with Crippen LogP contribution in [0, 0.1) is 6.92 Å². The molecule has 0 saturated carbocycles. The van der Waals surface area contributed by atoms with Gasteiger partial charge in [-0.15, -0.1) is 0 Å². The van der Waals surface area contributed by atoms with Crippen LogP contribution in [0.3, 0.4) is 0 Å². The van der Waals surface area contributed by atoms with Crippen LogP contribution in [0.5, 0.6) is 0 Å². The van der Waals surface area contributed by atoms with Crippen LogP contribution in [0.2, 0.25) is 0 Å². The molecule has 0 heterocycles. The van der Waals surface area contributed by atoms with Gasteiger partial charge in [0.2, 0.25) is 0 Å². The zero-order valence-electron chi connectivity index (χ0n) is 8.43. The first kappa shape index (κ1) is 8.76. The van der Waals surface area contributed by atoms with Crippen LogP contribution in [-0.2, 0) is 12.8 Å². The van der Waals surface area contributed by atoms with Gasteiger partial charge in [-0.1, -0.05) is 23.8 Å². The summed E-state index contributed by atoms with van der Waals surface area (Å²) < 4.78 is 0. The Bertz CT molecular complexity index is 326. The average Bonchev–Trinajstić information content (AvgIpc) is 2.05. The lowest BCUT2D eigenvalue weighted by molar-refractivity contribution is 0.408. The molecule has 1 atom stereocenters. The van der Waals surface area contributed by atoms with Crippen molar-refractivity contribution in [1.29, 1.82) is 0 Å². The first-order chi connectivity index (χ1) is 6.07. The Morgan fingerprint density at radius 2 is 2.08 bits per heavy atom. The zero-order chi connectivity index (χ0) is 9.47. The monoisotopic (exact) mass is 175 g/mol. The van der Waals surface area contributed by atoms with E-state index in [9.17, 15) is 0 Å². The lowest BCUT2D eigenvalue weighted by Crippen LogP contribution is -2.41. The molecule has 0 spiro atoms. The Labute approximate surface area is 80.0 Å². The number of aryl methyl sites for hydroxylation is 2. The van der Waals surface area contributed by atoms with Crippen molar-refractivity contribution in [1.82, 2.24) is 0 Å². The Hall–Kier alpha value is -0.820. The van der Waals surface area contributed by atoms with Gasteiger partial charge in [0.25, 0.3) is 0 Å². The van der Waals surface area contributed by atoms with Crippen molar-refractivity contribution < 1.29 is 0 Å². The number of nitrogens with two attached hydrogens (primary N) is 1. The summed E-state index contributed by atoms with van der Waals surface area (Å²) in [6, 6.07) is 6.71. The number of hydrogen-bond acceptors (Lipinski definition) is 1. The fraction of sp³-hybridized carbons (Fsp3) is 0.500. The number of hydrogen-bond donors (Lipinski definition) is 1. The summed E-state index contributed by atoms with van der Waals surface area (Å²) in [5, 5.41) is 0. The zero-order valence-corrected chi connectivity index (χ0v) is 8.43. The van der Waals surface area contributed by atoms with Gasteiger partial charge >= 0.3 is 0 Å². The molecule has 0 radical (unpaired) electrons. The van der Waals surface area contributed by atoms with Crippen molar-refractivity contribution in [2.24, 2.45) is 5.73 Å². The summed E-state index contributed by atoms with van der Waals surface area (Å²) in [7, 11) is 0. The molecule has 0 amide bonds. The lowest BCUT2D eigenvalue weighted by atomic mass is 9.79. The van der Waals surface area contributed by atoms with Crippen LogP contribution in [0.4, 0.5) is 0 Å². The van der Waals surface area contributed by atoms with E-state index in [-0.39, 0.29) is 5.54 Å². The normalized spacial score (nSPS) is 27.0. The molecule has 1 aromatic rings. The summed E-state index contributed by atoms with van der Waals surface area (Å²) >= 11 is 0. The third kappa shape index (κ3) is 1.75. The SMILES string of the molecule is Cc1ccc2c(c1)CCC(C)(N)C2. The van der Waals surface area contributed by atoms with Crippen molar-refractivity contribution in [3.8, 4) is 0 Å². The van der Waals surface area contributed by atoms with Crippen LogP contribution >= 0.6 is 0 Å². The van der Waals surface area contributed by atoms with Gasteiger partial charge in [-0.25, -0.2) is 0 Å². The van der Waals surface area contributed by atoms with E-state index in [0.717, 1.165) is 19.3 Å². The van der Waals surface area contributed by atoms with E-state index in [1.165, 1.54) is 16.7 Å². The molecule has 0 saturated heterocycles. The minimum absolute atomic E-state index is 0.0161. The molecule has 1 aliphatic carbocycles. The Morgan fingerprint density at radius 1 is 1.31 bits per heavy atom. The smallest absolute Gasteiger partial charge is 0.0169 e. The molecule has 1 aliphatic rings. The molecule has 0 aliphatic heterocycles. The highest BCUT2D eigenvalue weighted by atomic mass is 14.7. The predicted molar refractivity (Wildman–Crippen MR) is 55.8 cm³/mol. The fourth-order valence-electron chi connectivity index (χ4n) is 2.10. The first-order valence-electron chi connectivity index (χ1n) is 4.94. The van der Waals surface area contributed by atoms with Gasteiger partial charge in [-0.05, 0) is 44.2 Å². The topological polar surface area (TPSA) is 26.0 Å². The van der Waals surface area contributed by atoms with E-state index in [0.29, 0.717) is 0 Å². The Balaban J connectivity index is 2.37. The number of fused-ring (bicyclic) bond motifs is 1. The molecule has 70 valence electrons. The van der Waals surface area contributed by atoms with Crippen molar-refractivity contribution in [2.75, 3.05) is 0 Å². The Kier molecular flexibility index (Phi) is 1.92. The van der Waals surface area contributed by atoms with Gasteiger partial charge in [0.1, 0.15) is 0 Å². The molecule has 0 fully saturated rings. The van der Waals surface area contributed by atoms with Gasteiger partial charge in [-0.3, -0.25) is 0 Å². The molecule has 0 aromatic heterocycles. The summed E-state index contributed by atoms with van der Waals surface area (Å²) in [6.45, 7) is 4.30. The molecule has 2 N–H and O–H groups in total. The predicted octanol–water partition coefficient (Wildman–Crippen LogP) is 2.20. The van der Waals surface area contributed by atoms with Crippen LogP contribution in [-0.4, -0.2) is 5.54 Å². The maximum Gasteiger partial charge on any atom is 0.0169 e. The third-order valence-corrected chi connectivity index (χ3v) is 2.92. The molecule has 0 bridgehead atoms. The summed E-state index contributed by atoms with van der Waals surface area (Å²) in [5.74, 6) is 0. The van der Waals surface area contributed by atoms with Crippen LogP contribution in [0.1, 0.15) is 30.0 Å². The van der Waals surface area contributed by atoms with Gasteiger partial charge in [0.05, 0.1) is 0 Å². The molecular weight excluding hydrogens is 158 g/mol. The maximum absolute atomic E-state index is 6.13. The number of benzene rings is 1. The van der Waals surface area contributed by atoms with Crippen LogP contribution in [0.25, 0.3) is 0 Å². The second-order valence-electron chi connectivity index (χ2n) is 4.60. The molecule has 2 rings (SSSR count). The molecule has 1 aromatic carbocycles. The highest BCUT2D eigenvalue weighted by Gasteiger charge is 2.25. The van der Waals surface area contributed by atoms with Gasteiger partial charge in [-0.2, -0.15) is 0 Å². The third-order valence-electron chi connectivity index (χ3n) is 2.92. The second kappa shape index (κ2) is 2.85. The highest BCUT2D eigenvalue weighted by molar-refractivity contribution is 5.35. The second-order valence-corrected chi connectivity index (χ2v) is 4.60. The van der Waals surface area contributed by atoms with Crippen LogP contribution in [0.15, 0.2) is 18.2 Å². The van der Waals surface area contributed by atoms with E-state index in [1.54, 1.807) is 0 Å². The summed E-state index contributed by atoms with van der Waals surface area (Å²) in [4.78, 5) is 0.